The van der Waals surface area contributed by atoms with E-state index < -0.39 is 0 Å². The highest BCUT2D eigenvalue weighted by Crippen LogP contribution is 2.32. The first-order valence-corrected chi connectivity index (χ1v) is 8.04. The van der Waals surface area contributed by atoms with Gasteiger partial charge in [-0.15, -0.1) is 0 Å². The molecular formula is C17H25N3O. The summed E-state index contributed by atoms with van der Waals surface area (Å²) >= 11 is 0. The summed E-state index contributed by atoms with van der Waals surface area (Å²) in [6.45, 7) is 3.32. The maximum atomic E-state index is 12.5. The molecule has 2 fully saturated rings. The van der Waals surface area contributed by atoms with Crippen molar-refractivity contribution in [3.63, 3.8) is 0 Å². The van der Waals surface area contributed by atoms with Gasteiger partial charge in [0.05, 0.1) is 0 Å². The molecule has 4 nitrogen and oxygen atoms in total. The molecule has 3 atom stereocenters. The Morgan fingerprint density at radius 2 is 2.10 bits per heavy atom. The van der Waals surface area contributed by atoms with Crippen LogP contribution in [0.5, 0.6) is 0 Å². The van der Waals surface area contributed by atoms with Gasteiger partial charge in [0.2, 0.25) is 5.91 Å². The van der Waals surface area contributed by atoms with Gasteiger partial charge in [-0.1, -0.05) is 30.3 Å². The van der Waals surface area contributed by atoms with Crippen molar-refractivity contribution in [2.75, 3.05) is 26.2 Å². The molecule has 1 aromatic carbocycles. The lowest BCUT2D eigenvalue weighted by atomic mass is 9.89. The number of rotatable bonds is 4. The summed E-state index contributed by atoms with van der Waals surface area (Å²) in [5.74, 6) is 1.05. The third kappa shape index (κ3) is 3.27. The zero-order valence-corrected chi connectivity index (χ0v) is 12.5. The predicted molar refractivity (Wildman–Crippen MR) is 83.9 cm³/mol. The molecule has 114 valence electrons. The number of nitrogens with two attached hydrogens (primary N) is 1. The second kappa shape index (κ2) is 6.58. The van der Waals surface area contributed by atoms with E-state index in [4.69, 9.17) is 5.73 Å². The van der Waals surface area contributed by atoms with Crippen LogP contribution in [-0.4, -0.2) is 43.0 Å². The number of carbonyl (C=O) groups is 1. The minimum absolute atomic E-state index is 0.284. The summed E-state index contributed by atoms with van der Waals surface area (Å²) in [5.41, 5.74) is 7.24. The zero-order chi connectivity index (χ0) is 14.7. The first kappa shape index (κ1) is 14.5. The molecule has 0 radical (unpaired) electrons. The van der Waals surface area contributed by atoms with Gasteiger partial charge in [0.15, 0.2) is 0 Å². The van der Waals surface area contributed by atoms with Crippen LogP contribution in [0.2, 0.25) is 0 Å². The van der Waals surface area contributed by atoms with Crippen LogP contribution < -0.4 is 11.1 Å². The van der Waals surface area contributed by atoms with Crippen LogP contribution in [0.4, 0.5) is 0 Å². The highest BCUT2D eigenvalue weighted by Gasteiger charge is 2.35. The van der Waals surface area contributed by atoms with Gasteiger partial charge >= 0.3 is 0 Å². The maximum Gasteiger partial charge on any atom is 0.224 e. The summed E-state index contributed by atoms with van der Waals surface area (Å²) in [6, 6.07) is 10.8. The third-order valence-electron chi connectivity index (χ3n) is 4.91. The van der Waals surface area contributed by atoms with Gasteiger partial charge in [0, 0.05) is 31.5 Å². The molecule has 4 heteroatoms. The van der Waals surface area contributed by atoms with Crippen LogP contribution in [0.3, 0.4) is 0 Å². The lowest BCUT2D eigenvalue weighted by Gasteiger charge is -2.19. The molecule has 0 spiro atoms. The first-order valence-electron chi connectivity index (χ1n) is 8.04. The van der Waals surface area contributed by atoms with Crippen LogP contribution in [0.1, 0.15) is 30.7 Å². The predicted octanol–water partition coefficient (Wildman–Crippen LogP) is 1.33. The van der Waals surface area contributed by atoms with Gasteiger partial charge in [0.1, 0.15) is 0 Å². The van der Waals surface area contributed by atoms with Gasteiger partial charge in [-0.3, -0.25) is 4.79 Å². The Labute approximate surface area is 126 Å². The number of carbonyl (C=O) groups excluding carboxylic acids is 1. The Morgan fingerprint density at radius 3 is 2.76 bits per heavy atom. The summed E-state index contributed by atoms with van der Waals surface area (Å²) in [4.78, 5) is 14.5. The number of benzene rings is 1. The highest BCUT2D eigenvalue weighted by molar-refractivity contribution is 5.77. The molecule has 0 aliphatic carbocycles. The van der Waals surface area contributed by atoms with Crippen molar-refractivity contribution in [2.45, 2.75) is 31.2 Å². The first-order chi connectivity index (χ1) is 10.3. The van der Waals surface area contributed by atoms with Crippen molar-refractivity contribution in [1.29, 1.82) is 0 Å². The molecular weight excluding hydrogens is 262 g/mol. The molecule has 21 heavy (non-hydrogen) atoms. The standard InChI is InChI=1S/C17H25N3O/c18-10-14-11-20(17(21)9-15-7-4-8-19-15)12-16(14)13-5-2-1-3-6-13/h1-3,5-6,14-16,19H,4,7-12,18H2/t14-,15?,16+/m1/s1. The molecule has 2 aliphatic rings. The van der Waals surface area contributed by atoms with E-state index in [2.05, 4.69) is 29.6 Å². The number of hydrogen-bond donors (Lipinski definition) is 2. The molecule has 2 aliphatic heterocycles. The van der Waals surface area contributed by atoms with Crippen LogP contribution in [0.15, 0.2) is 30.3 Å². The number of likely N-dealkylation sites (tertiary alicyclic amines) is 1. The monoisotopic (exact) mass is 287 g/mol. The largest absolute Gasteiger partial charge is 0.342 e. The van der Waals surface area contributed by atoms with Crippen molar-refractivity contribution >= 4 is 5.91 Å². The average Bonchev–Trinajstić information content (AvgIpc) is 3.17. The van der Waals surface area contributed by atoms with Crippen molar-refractivity contribution in [1.82, 2.24) is 10.2 Å². The molecule has 1 amide bonds. The summed E-state index contributed by atoms with van der Waals surface area (Å²) < 4.78 is 0. The molecule has 1 unspecified atom stereocenters. The Morgan fingerprint density at radius 1 is 1.29 bits per heavy atom. The van der Waals surface area contributed by atoms with Gasteiger partial charge in [-0.2, -0.15) is 0 Å². The SMILES string of the molecule is NC[C@@H]1CN(C(=O)CC2CCCN2)C[C@H]1c1ccccc1. The van der Waals surface area contributed by atoms with E-state index in [-0.39, 0.29) is 5.91 Å². The fourth-order valence-corrected chi connectivity index (χ4v) is 3.66. The fraction of sp³-hybridized carbons (Fsp3) is 0.588. The van der Waals surface area contributed by atoms with E-state index in [0.717, 1.165) is 26.1 Å². The van der Waals surface area contributed by atoms with Crippen LogP contribution in [0.25, 0.3) is 0 Å². The molecule has 0 saturated carbocycles. The topological polar surface area (TPSA) is 58.4 Å². The van der Waals surface area contributed by atoms with Crippen LogP contribution in [-0.2, 0) is 4.79 Å². The van der Waals surface area contributed by atoms with Crippen molar-refractivity contribution in [2.24, 2.45) is 11.7 Å². The number of hydrogen-bond acceptors (Lipinski definition) is 3. The number of nitrogens with one attached hydrogen (secondary N) is 1. The van der Waals surface area contributed by atoms with Gasteiger partial charge in [-0.25, -0.2) is 0 Å². The lowest BCUT2D eigenvalue weighted by Crippen LogP contribution is -2.35. The van der Waals surface area contributed by atoms with Crippen molar-refractivity contribution in [3.05, 3.63) is 35.9 Å². The molecule has 0 bridgehead atoms. The maximum absolute atomic E-state index is 12.5. The van der Waals surface area contributed by atoms with Gasteiger partial charge in [0.25, 0.3) is 0 Å². The Kier molecular flexibility index (Phi) is 4.56. The Balaban J connectivity index is 1.64. The molecule has 3 N–H and O–H groups in total. The van der Waals surface area contributed by atoms with Gasteiger partial charge < -0.3 is 16.0 Å². The van der Waals surface area contributed by atoms with E-state index in [9.17, 15) is 4.79 Å². The van der Waals surface area contributed by atoms with Crippen molar-refractivity contribution < 1.29 is 4.79 Å². The van der Waals surface area contributed by atoms with Crippen LogP contribution >= 0.6 is 0 Å². The van der Waals surface area contributed by atoms with E-state index in [1.54, 1.807) is 0 Å². The highest BCUT2D eigenvalue weighted by atomic mass is 16.2. The third-order valence-corrected chi connectivity index (χ3v) is 4.91. The molecule has 2 saturated heterocycles. The van der Waals surface area contributed by atoms with Crippen molar-refractivity contribution in [3.8, 4) is 0 Å². The van der Waals surface area contributed by atoms with Gasteiger partial charge in [-0.05, 0) is 37.4 Å². The minimum Gasteiger partial charge on any atom is -0.342 e. The molecule has 0 aromatic heterocycles. The molecule has 3 rings (SSSR count). The fourth-order valence-electron chi connectivity index (χ4n) is 3.66. The van der Waals surface area contributed by atoms with Crippen LogP contribution in [0, 0.1) is 5.92 Å². The summed E-state index contributed by atoms with van der Waals surface area (Å²) in [5, 5.41) is 3.41. The summed E-state index contributed by atoms with van der Waals surface area (Å²) in [7, 11) is 0. The second-order valence-corrected chi connectivity index (χ2v) is 6.31. The number of amides is 1. The second-order valence-electron chi connectivity index (χ2n) is 6.31. The normalized spacial score (nSPS) is 29.0. The summed E-state index contributed by atoms with van der Waals surface area (Å²) in [6.07, 6.45) is 2.96. The van der Waals surface area contributed by atoms with E-state index in [0.29, 0.717) is 30.8 Å². The van der Waals surface area contributed by atoms with E-state index in [1.165, 1.54) is 12.0 Å². The molecule has 1 aromatic rings. The quantitative estimate of drug-likeness (QED) is 0.878. The molecule has 2 heterocycles. The van der Waals surface area contributed by atoms with E-state index in [1.807, 2.05) is 11.0 Å². The number of nitrogens with zero attached hydrogens (tertiary/aromatic N) is 1. The minimum atomic E-state index is 0.284. The Bertz CT molecular complexity index is 470. The zero-order valence-electron chi connectivity index (χ0n) is 12.5. The smallest absolute Gasteiger partial charge is 0.224 e. The Hall–Kier alpha value is -1.39. The average molecular weight is 287 g/mol. The lowest BCUT2D eigenvalue weighted by molar-refractivity contribution is -0.130. The van der Waals surface area contributed by atoms with E-state index >= 15 is 0 Å².